The van der Waals surface area contributed by atoms with E-state index in [0.717, 1.165) is 25.7 Å². The number of hydrogen-bond acceptors (Lipinski definition) is 4. The Morgan fingerprint density at radius 2 is 1.66 bits per heavy atom. The number of para-hydroxylation sites is 1. The van der Waals surface area contributed by atoms with Crippen molar-refractivity contribution >= 4 is 21.6 Å². The van der Waals surface area contributed by atoms with Crippen LogP contribution < -0.4 is 10.3 Å². The van der Waals surface area contributed by atoms with Gasteiger partial charge in [-0.25, -0.2) is 13.1 Å². The maximum atomic E-state index is 13.1. The Labute approximate surface area is 206 Å². The van der Waals surface area contributed by atoms with Gasteiger partial charge >= 0.3 is 0 Å². The van der Waals surface area contributed by atoms with E-state index < -0.39 is 15.6 Å². The average molecular weight is 497 g/mol. The molecule has 1 aromatic heterocycles. The van der Waals surface area contributed by atoms with Crippen molar-refractivity contribution in [3.8, 4) is 5.69 Å². The molecule has 3 aromatic rings. The molecule has 0 spiro atoms. The monoisotopic (exact) mass is 496 g/mol. The summed E-state index contributed by atoms with van der Waals surface area (Å²) in [5.74, 6) is -0.0824. The molecule has 2 aromatic carbocycles. The van der Waals surface area contributed by atoms with Gasteiger partial charge < -0.3 is 4.90 Å². The molecule has 0 atom stereocenters. The fourth-order valence-corrected chi connectivity index (χ4v) is 5.90. The Morgan fingerprint density at radius 3 is 2.26 bits per heavy atom. The van der Waals surface area contributed by atoms with Crippen LogP contribution in [0.15, 0.2) is 64.3 Å². The van der Waals surface area contributed by atoms with Gasteiger partial charge in [-0.15, -0.1) is 0 Å². The number of hydrogen-bond donors (Lipinski definition) is 1. The number of rotatable bonds is 7. The van der Waals surface area contributed by atoms with Crippen LogP contribution in [0, 0.1) is 6.92 Å². The highest BCUT2D eigenvalue weighted by atomic mass is 32.2. The van der Waals surface area contributed by atoms with Gasteiger partial charge in [-0.05, 0) is 63.1 Å². The highest BCUT2D eigenvalue weighted by Gasteiger charge is 2.26. The van der Waals surface area contributed by atoms with Crippen molar-refractivity contribution in [3.63, 3.8) is 0 Å². The van der Waals surface area contributed by atoms with Crippen LogP contribution in [-0.2, 0) is 17.1 Å². The first-order valence-electron chi connectivity index (χ1n) is 12.0. The lowest BCUT2D eigenvalue weighted by molar-refractivity contribution is 0.0648. The van der Waals surface area contributed by atoms with Gasteiger partial charge in [-0.1, -0.05) is 37.5 Å². The van der Waals surface area contributed by atoms with E-state index in [1.165, 1.54) is 23.2 Å². The van der Waals surface area contributed by atoms with Crippen molar-refractivity contribution in [2.45, 2.75) is 56.9 Å². The Balaban J connectivity index is 1.57. The summed E-state index contributed by atoms with van der Waals surface area (Å²) in [7, 11) is -2.33. The standard InChI is InChI=1S/C26H32N4O4S/c1-4-29(21-11-7-5-8-12-21)25(31)20-15-17-23(18-16-20)35(33,34)27-24-19(2)28(3)30(26(24)32)22-13-9-6-10-14-22/h6,9-10,13-18,21,27H,4-5,7-8,11-12H2,1-3H3. The minimum Gasteiger partial charge on any atom is -0.336 e. The molecule has 1 aliphatic carbocycles. The van der Waals surface area contributed by atoms with Crippen molar-refractivity contribution in [2.75, 3.05) is 11.3 Å². The van der Waals surface area contributed by atoms with E-state index in [1.54, 1.807) is 42.9 Å². The Bertz CT molecular complexity index is 1350. The summed E-state index contributed by atoms with van der Waals surface area (Å²) in [6.07, 6.45) is 5.48. The highest BCUT2D eigenvalue weighted by molar-refractivity contribution is 7.92. The topological polar surface area (TPSA) is 93.4 Å². The molecule has 4 rings (SSSR count). The molecule has 0 bridgehead atoms. The molecular weight excluding hydrogens is 464 g/mol. The first-order chi connectivity index (χ1) is 16.7. The van der Waals surface area contributed by atoms with Crippen LogP contribution in [0.5, 0.6) is 0 Å². The Kier molecular flexibility index (Phi) is 7.16. The normalized spacial score (nSPS) is 14.6. The Morgan fingerprint density at radius 1 is 1.03 bits per heavy atom. The third-order valence-corrected chi connectivity index (χ3v) is 8.18. The fraction of sp³-hybridized carbons (Fsp3) is 0.385. The van der Waals surface area contributed by atoms with E-state index in [2.05, 4.69) is 4.72 Å². The average Bonchev–Trinajstić information content (AvgIpc) is 3.08. The quantitative estimate of drug-likeness (QED) is 0.533. The maximum Gasteiger partial charge on any atom is 0.296 e. The van der Waals surface area contributed by atoms with Gasteiger partial charge in [-0.2, -0.15) is 0 Å². The molecule has 1 amide bonds. The molecule has 8 nitrogen and oxygen atoms in total. The summed E-state index contributed by atoms with van der Waals surface area (Å²) in [6, 6.07) is 15.2. The molecule has 1 heterocycles. The first-order valence-corrected chi connectivity index (χ1v) is 13.5. The lowest BCUT2D eigenvalue weighted by atomic mass is 9.93. The number of benzene rings is 2. The van der Waals surface area contributed by atoms with Crippen LogP contribution in [0.1, 0.15) is 55.1 Å². The molecule has 1 N–H and O–H groups in total. The lowest BCUT2D eigenvalue weighted by Gasteiger charge is -2.33. The fourth-order valence-electron chi connectivity index (χ4n) is 4.78. The van der Waals surface area contributed by atoms with Crippen molar-refractivity contribution in [1.29, 1.82) is 0 Å². The summed E-state index contributed by atoms with van der Waals surface area (Å²) in [5, 5.41) is 0. The summed E-state index contributed by atoms with van der Waals surface area (Å²) in [4.78, 5) is 28.1. The first kappa shape index (κ1) is 24.8. The van der Waals surface area contributed by atoms with E-state index in [4.69, 9.17) is 0 Å². The summed E-state index contributed by atoms with van der Waals surface area (Å²) in [5.41, 5.74) is 1.11. The molecule has 35 heavy (non-hydrogen) atoms. The van der Waals surface area contributed by atoms with E-state index in [9.17, 15) is 18.0 Å². The lowest BCUT2D eigenvalue weighted by Crippen LogP contribution is -2.41. The van der Waals surface area contributed by atoms with Crippen molar-refractivity contribution in [3.05, 3.63) is 76.2 Å². The zero-order valence-electron chi connectivity index (χ0n) is 20.4. The van der Waals surface area contributed by atoms with Crippen LogP contribution >= 0.6 is 0 Å². The number of anilines is 1. The summed E-state index contributed by atoms with van der Waals surface area (Å²) < 4.78 is 31.7. The van der Waals surface area contributed by atoms with Gasteiger partial charge in [0.25, 0.3) is 21.5 Å². The van der Waals surface area contributed by atoms with Gasteiger partial charge in [0, 0.05) is 25.2 Å². The third-order valence-electron chi connectivity index (χ3n) is 6.82. The number of aromatic nitrogens is 2. The zero-order valence-corrected chi connectivity index (χ0v) is 21.2. The largest absolute Gasteiger partial charge is 0.336 e. The van der Waals surface area contributed by atoms with Crippen molar-refractivity contribution in [1.82, 2.24) is 14.3 Å². The number of carbonyl (C=O) groups is 1. The van der Waals surface area contributed by atoms with Gasteiger partial charge in [-0.3, -0.25) is 19.0 Å². The minimum atomic E-state index is -4.03. The number of carbonyl (C=O) groups excluding carboxylic acids is 1. The van der Waals surface area contributed by atoms with Crippen LogP contribution in [0.3, 0.4) is 0 Å². The van der Waals surface area contributed by atoms with Crippen molar-refractivity contribution in [2.24, 2.45) is 7.05 Å². The van der Waals surface area contributed by atoms with Crippen LogP contribution in [-0.4, -0.2) is 41.2 Å². The second-order valence-corrected chi connectivity index (χ2v) is 10.6. The number of nitrogens with zero attached hydrogens (tertiary/aromatic N) is 3. The molecule has 186 valence electrons. The van der Waals surface area contributed by atoms with E-state index in [0.29, 0.717) is 23.5 Å². The maximum absolute atomic E-state index is 13.1. The predicted octanol–water partition coefficient (Wildman–Crippen LogP) is 4.08. The van der Waals surface area contributed by atoms with Gasteiger partial charge in [0.1, 0.15) is 5.69 Å². The predicted molar refractivity (Wildman–Crippen MR) is 137 cm³/mol. The molecule has 0 aliphatic heterocycles. The van der Waals surface area contributed by atoms with Gasteiger partial charge in [0.2, 0.25) is 0 Å². The molecular formula is C26H32N4O4S. The second kappa shape index (κ2) is 10.1. The van der Waals surface area contributed by atoms with Crippen molar-refractivity contribution < 1.29 is 13.2 Å². The van der Waals surface area contributed by atoms with Crippen LogP contribution in [0.2, 0.25) is 0 Å². The molecule has 1 aliphatic rings. The minimum absolute atomic E-state index is 0.00837. The Hall–Kier alpha value is -3.33. The smallest absolute Gasteiger partial charge is 0.296 e. The van der Waals surface area contributed by atoms with Crippen LogP contribution in [0.25, 0.3) is 5.69 Å². The molecule has 1 fully saturated rings. The second-order valence-electron chi connectivity index (χ2n) is 8.95. The molecule has 1 saturated carbocycles. The molecule has 0 radical (unpaired) electrons. The number of amides is 1. The summed E-state index contributed by atoms with van der Waals surface area (Å²) >= 11 is 0. The van der Waals surface area contributed by atoms with E-state index >= 15 is 0 Å². The highest BCUT2D eigenvalue weighted by Crippen LogP contribution is 2.25. The zero-order chi connectivity index (χ0) is 25.2. The van der Waals surface area contributed by atoms with Gasteiger partial charge in [0.15, 0.2) is 0 Å². The SMILES string of the molecule is CCN(C(=O)c1ccc(S(=O)(=O)Nc2c(C)n(C)n(-c3ccccc3)c2=O)cc1)C1CCCCC1. The molecule has 0 saturated heterocycles. The molecule has 0 unspecified atom stereocenters. The van der Waals surface area contributed by atoms with E-state index in [-0.39, 0.29) is 22.5 Å². The van der Waals surface area contributed by atoms with E-state index in [1.807, 2.05) is 30.0 Å². The third kappa shape index (κ3) is 4.91. The molecule has 9 heteroatoms. The summed E-state index contributed by atoms with van der Waals surface area (Å²) in [6.45, 7) is 4.27. The van der Waals surface area contributed by atoms with Crippen LogP contribution in [0.4, 0.5) is 5.69 Å². The number of nitrogens with one attached hydrogen (secondary N) is 1. The van der Waals surface area contributed by atoms with Gasteiger partial charge in [0.05, 0.1) is 16.3 Å². The number of sulfonamides is 1.